The Hall–Kier alpha value is -1.07. The molecule has 0 aliphatic heterocycles. The van der Waals surface area contributed by atoms with Crippen molar-refractivity contribution in [3.63, 3.8) is 0 Å². The van der Waals surface area contributed by atoms with Crippen molar-refractivity contribution in [2.45, 2.75) is 6.92 Å². The second kappa shape index (κ2) is 4.97. The van der Waals surface area contributed by atoms with Gasteiger partial charge in [0.15, 0.2) is 0 Å². The molecule has 0 aromatic carbocycles. The molecule has 0 saturated carbocycles. The highest BCUT2D eigenvalue weighted by Crippen LogP contribution is 2.25. The van der Waals surface area contributed by atoms with Crippen LogP contribution in [0.4, 0.5) is 5.00 Å². The van der Waals surface area contributed by atoms with Crippen molar-refractivity contribution in [3.8, 4) is 0 Å². The van der Waals surface area contributed by atoms with E-state index in [-0.39, 0.29) is 6.61 Å². The van der Waals surface area contributed by atoms with E-state index in [9.17, 15) is 9.59 Å². The van der Waals surface area contributed by atoms with Gasteiger partial charge >= 0.3 is 11.9 Å². The predicted molar refractivity (Wildman–Crippen MR) is 54.6 cm³/mol. The maximum Gasteiger partial charge on any atom is 0.397 e. The molecule has 0 spiro atoms. The minimum Gasteiger partial charge on any atom is -0.459 e. The second-order valence-corrected chi connectivity index (χ2v) is 3.99. The van der Waals surface area contributed by atoms with E-state index in [0.717, 1.165) is 0 Å². The maximum absolute atomic E-state index is 11.1. The number of amides is 1. The molecule has 0 radical (unpaired) electrons. The molecule has 0 atom stereocenters. The molecule has 0 unspecified atom stereocenters. The number of nitrogens with one attached hydrogen (secondary N) is 1. The van der Waals surface area contributed by atoms with Gasteiger partial charge in [-0.05, 0) is 19.1 Å². The summed E-state index contributed by atoms with van der Waals surface area (Å²) in [7, 11) is 0. The monoisotopic (exact) mass is 233 g/mol. The lowest BCUT2D eigenvalue weighted by molar-refractivity contribution is -0.152. The van der Waals surface area contributed by atoms with Crippen LogP contribution in [0.1, 0.15) is 6.92 Å². The van der Waals surface area contributed by atoms with Crippen molar-refractivity contribution in [1.82, 2.24) is 0 Å². The molecule has 1 rings (SSSR count). The number of thiophene rings is 1. The molecule has 1 aromatic rings. The van der Waals surface area contributed by atoms with Gasteiger partial charge in [0.25, 0.3) is 0 Å². The second-order valence-electron chi connectivity index (χ2n) is 2.28. The van der Waals surface area contributed by atoms with Crippen LogP contribution in [0, 0.1) is 0 Å². The summed E-state index contributed by atoms with van der Waals surface area (Å²) in [4.78, 5) is 22.0. The van der Waals surface area contributed by atoms with Gasteiger partial charge in [-0.25, -0.2) is 4.79 Å². The zero-order chi connectivity index (χ0) is 10.6. The summed E-state index contributed by atoms with van der Waals surface area (Å²) in [6, 6.07) is 3.25. The summed E-state index contributed by atoms with van der Waals surface area (Å²) in [5.74, 6) is -1.68. The van der Waals surface area contributed by atoms with E-state index in [4.69, 9.17) is 11.6 Å². The molecule has 6 heteroatoms. The van der Waals surface area contributed by atoms with Crippen LogP contribution in [0.3, 0.4) is 0 Å². The molecule has 4 nitrogen and oxygen atoms in total. The molecule has 0 aliphatic carbocycles. The fourth-order valence-corrected chi connectivity index (χ4v) is 1.68. The molecular weight excluding hydrogens is 226 g/mol. The van der Waals surface area contributed by atoms with Gasteiger partial charge in [0.2, 0.25) is 0 Å². The Balaban J connectivity index is 2.53. The van der Waals surface area contributed by atoms with Crippen LogP contribution < -0.4 is 5.32 Å². The first-order chi connectivity index (χ1) is 6.63. The molecule has 0 aliphatic rings. The topological polar surface area (TPSA) is 55.4 Å². The van der Waals surface area contributed by atoms with Gasteiger partial charge in [-0.1, -0.05) is 11.6 Å². The molecule has 1 heterocycles. The van der Waals surface area contributed by atoms with Gasteiger partial charge in [0, 0.05) is 0 Å². The molecule has 0 bridgehead atoms. The van der Waals surface area contributed by atoms with Crippen molar-refractivity contribution in [2.75, 3.05) is 11.9 Å². The molecule has 0 fully saturated rings. The number of halogens is 1. The standard InChI is InChI=1S/C8H8ClNO3S/c1-2-13-8(12)7(11)10-6-4-3-5(9)14-6/h3-4H,2H2,1H3,(H,10,11). The number of hydrogen-bond donors (Lipinski definition) is 1. The van der Waals surface area contributed by atoms with Crippen molar-refractivity contribution in [1.29, 1.82) is 0 Å². The lowest BCUT2D eigenvalue weighted by Gasteiger charge is -2.00. The van der Waals surface area contributed by atoms with Crippen molar-refractivity contribution < 1.29 is 14.3 Å². The first-order valence-electron chi connectivity index (χ1n) is 3.87. The smallest absolute Gasteiger partial charge is 0.397 e. The third-order valence-electron chi connectivity index (χ3n) is 1.27. The number of rotatable bonds is 2. The van der Waals surface area contributed by atoms with E-state index in [2.05, 4.69) is 10.1 Å². The maximum atomic E-state index is 11.1. The molecule has 14 heavy (non-hydrogen) atoms. The number of carbonyl (C=O) groups is 2. The van der Waals surface area contributed by atoms with Gasteiger partial charge in [0.1, 0.15) is 0 Å². The van der Waals surface area contributed by atoms with Crippen LogP contribution in [-0.4, -0.2) is 18.5 Å². The summed E-state index contributed by atoms with van der Waals surface area (Å²) in [6.07, 6.45) is 0. The Kier molecular flexibility index (Phi) is 3.91. The average Bonchev–Trinajstić information content (AvgIpc) is 2.51. The molecule has 1 amide bonds. The Bertz CT molecular complexity index is 350. The van der Waals surface area contributed by atoms with Gasteiger partial charge in [-0.3, -0.25) is 4.79 Å². The summed E-state index contributed by atoms with van der Waals surface area (Å²) in [6.45, 7) is 1.81. The predicted octanol–water partition coefficient (Wildman–Crippen LogP) is 1.90. The number of ether oxygens (including phenoxy) is 1. The van der Waals surface area contributed by atoms with E-state index >= 15 is 0 Å². The van der Waals surface area contributed by atoms with Crippen molar-refractivity contribution >= 4 is 39.8 Å². The lowest BCUT2D eigenvalue weighted by Crippen LogP contribution is -2.24. The van der Waals surface area contributed by atoms with E-state index in [1.165, 1.54) is 11.3 Å². The molecular formula is C8H8ClNO3S. The molecule has 0 saturated heterocycles. The summed E-state index contributed by atoms with van der Waals surface area (Å²) < 4.78 is 5.05. The van der Waals surface area contributed by atoms with Crippen LogP contribution in [0.2, 0.25) is 4.34 Å². The van der Waals surface area contributed by atoms with Crippen LogP contribution in [-0.2, 0) is 14.3 Å². The summed E-state index contributed by atoms with van der Waals surface area (Å²) >= 11 is 6.81. The van der Waals surface area contributed by atoms with Gasteiger partial charge in [-0.2, -0.15) is 0 Å². The number of carbonyl (C=O) groups excluding carboxylic acids is 2. The normalized spacial score (nSPS) is 9.57. The van der Waals surface area contributed by atoms with E-state index in [1.807, 2.05) is 0 Å². The number of hydrogen-bond acceptors (Lipinski definition) is 4. The van der Waals surface area contributed by atoms with Gasteiger partial charge in [0.05, 0.1) is 15.9 Å². The van der Waals surface area contributed by atoms with Gasteiger partial charge < -0.3 is 10.1 Å². The first kappa shape index (κ1) is 11.0. The fourth-order valence-electron chi connectivity index (χ4n) is 0.741. The van der Waals surface area contributed by atoms with Gasteiger partial charge in [-0.15, -0.1) is 11.3 Å². The average molecular weight is 234 g/mol. The van der Waals surface area contributed by atoms with Crippen LogP contribution >= 0.6 is 22.9 Å². The highest BCUT2D eigenvalue weighted by Gasteiger charge is 2.15. The summed E-state index contributed by atoms with van der Waals surface area (Å²) in [5.41, 5.74) is 0. The van der Waals surface area contributed by atoms with E-state index in [1.54, 1.807) is 19.1 Å². The van der Waals surface area contributed by atoms with E-state index < -0.39 is 11.9 Å². The lowest BCUT2D eigenvalue weighted by atomic mass is 10.5. The number of anilines is 1. The SMILES string of the molecule is CCOC(=O)C(=O)Nc1ccc(Cl)s1. The third-order valence-corrected chi connectivity index (χ3v) is 2.42. The highest BCUT2D eigenvalue weighted by molar-refractivity contribution is 7.20. The van der Waals surface area contributed by atoms with Crippen molar-refractivity contribution in [3.05, 3.63) is 16.5 Å². The zero-order valence-electron chi connectivity index (χ0n) is 7.37. The summed E-state index contributed by atoms with van der Waals surface area (Å²) in [5, 5.41) is 2.89. The minimum atomic E-state index is -0.892. The van der Waals surface area contributed by atoms with Crippen LogP contribution in [0.25, 0.3) is 0 Å². The molecule has 1 N–H and O–H groups in total. The minimum absolute atomic E-state index is 0.178. The first-order valence-corrected chi connectivity index (χ1v) is 5.06. The Morgan fingerprint density at radius 2 is 2.29 bits per heavy atom. The Morgan fingerprint density at radius 1 is 1.57 bits per heavy atom. The zero-order valence-corrected chi connectivity index (χ0v) is 8.95. The highest BCUT2D eigenvalue weighted by atomic mass is 35.5. The largest absolute Gasteiger partial charge is 0.459 e. The quantitative estimate of drug-likeness (QED) is 0.627. The fraction of sp³-hybridized carbons (Fsp3) is 0.250. The van der Waals surface area contributed by atoms with Crippen LogP contribution in [0.15, 0.2) is 12.1 Å². The molecule has 76 valence electrons. The Morgan fingerprint density at radius 3 is 2.79 bits per heavy atom. The van der Waals surface area contributed by atoms with E-state index in [0.29, 0.717) is 9.34 Å². The third kappa shape index (κ3) is 3.01. The number of esters is 1. The van der Waals surface area contributed by atoms with Crippen molar-refractivity contribution in [2.24, 2.45) is 0 Å². The molecule has 1 aromatic heterocycles. The Labute approximate surface area is 89.8 Å². The van der Waals surface area contributed by atoms with Crippen LogP contribution in [0.5, 0.6) is 0 Å².